The molecule has 0 aliphatic carbocycles. The van der Waals surface area contributed by atoms with Crippen molar-refractivity contribution >= 4 is 39.8 Å². The van der Waals surface area contributed by atoms with Crippen molar-refractivity contribution in [3.05, 3.63) is 105 Å². The average Bonchev–Trinajstić information content (AvgIpc) is 3.04. The highest BCUT2D eigenvalue weighted by Crippen LogP contribution is 2.42. The van der Waals surface area contributed by atoms with Gasteiger partial charge in [0.1, 0.15) is 6.10 Å². The van der Waals surface area contributed by atoms with Gasteiger partial charge in [0.25, 0.3) is 5.91 Å². The zero-order chi connectivity index (χ0) is 23.0. The minimum Gasteiger partial charge on any atom is -0.503 e. The Hall–Kier alpha value is -2.85. The fourth-order valence-electron chi connectivity index (χ4n) is 3.78. The van der Waals surface area contributed by atoms with Crippen molar-refractivity contribution in [1.82, 2.24) is 0 Å². The van der Waals surface area contributed by atoms with Crippen LogP contribution in [-0.2, 0) is 11.0 Å². The monoisotopic (exact) mass is 551 g/mol. The van der Waals surface area contributed by atoms with Crippen LogP contribution in [0.15, 0.2) is 84.6 Å². The topological polar surface area (TPSA) is 60.8 Å². The van der Waals surface area contributed by atoms with Crippen molar-refractivity contribution in [2.75, 3.05) is 4.90 Å². The molecule has 1 unspecified atom stereocenters. The molecule has 1 aliphatic heterocycles. The summed E-state index contributed by atoms with van der Waals surface area (Å²) in [6, 6.07) is 18.7. The summed E-state index contributed by atoms with van der Waals surface area (Å²) in [6.45, 7) is 0. The number of aliphatic hydroxyl groups excluding tert-OH is 2. The van der Waals surface area contributed by atoms with E-state index in [0.717, 1.165) is 15.7 Å². The van der Waals surface area contributed by atoms with E-state index in [1.165, 1.54) is 17.0 Å². The molecule has 3 aromatic carbocycles. The Kier molecular flexibility index (Phi) is 6.00. The molecule has 0 bridgehead atoms. The van der Waals surface area contributed by atoms with E-state index in [4.69, 9.17) is 0 Å². The summed E-state index contributed by atoms with van der Waals surface area (Å²) < 4.78 is 40.0. The molecule has 0 radical (unpaired) electrons. The summed E-state index contributed by atoms with van der Waals surface area (Å²) in [5, 5.41) is 22.0. The predicted molar refractivity (Wildman–Crippen MR) is 123 cm³/mol. The number of benzene rings is 3. The van der Waals surface area contributed by atoms with Gasteiger partial charge in [-0.25, -0.2) is 0 Å². The highest BCUT2D eigenvalue weighted by Gasteiger charge is 2.45. The van der Waals surface area contributed by atoms with E-state index in [9.17, 15) is 28.2 Å². The maximum atomic E-state index is 13.1. The molecule has 4 nitrogen and oxygen atoms in total. The molecule has 164 valence electrons. The average molecular weight is 551 g/mol. The molecule has 0 fully saturated rings. The summed E-state index contributed by atoms with van der Waals surface area (Å²) in [7, 11) is 0. The lowest BCUT2D eigenvalue weighted by Crippen LogP contribution is -2.39. The number of rotatable bonds is 4. The number of alkyl halides is 3. The molecule has 2 atom stereocenters. The summed E-state index contributed by atoms with van der Waals surface area (Å²) in [4.78, 5) is 14.3. The van der Waals surface area contributed by atoms with Gasteiger partial charge in [0.2, 0.25) is 0 Å². The zero-order valence-electron chi connectivity index (χ0n) is 16.4. The van der Waals surface area contributed by atoms with E-state index < -0.39 is 35.6 Å². The van der Waals surface area contributed by atoms with Gasteiger partial charge in [0.15, 0.2) is 5.76 Å². The number of nitrogens with zero attached hydrogens (tertiary/aromatic N) is 1. The SMILES string of the molecule is O=C1C(O)=C(c2ccc(C(F)(F)F)cc2)C([C@H](O)c2ccccc2)N1c1ccc(I)cc1. The standard InChI is InChI=1S/C24H17F3INO3/c25-24(26,27)16-8-6-14(7-9-16)19-20(21(30)15-4-2-1-3-5-15)29(23(32)22(19)31)18-12-10-17(28)11-13-18/h1-13,20-21,30-31H/t20?,21-/m1/s1. The third kappa shape index (κ3) is 4.12. The summed E-state index contributed by atoms with van der Waals surface area (Å²) in [5.74, 6) is -1.34. The van der Waals surface area contributed by atoms with Crippen molar-refractivity contribution in [2.45, 2.75) is 18.3 Å². The van der Waals surface area contributed by atoms with Crippen LogP contribution in [0.25, 0.3) is 5.57 Å². The molecule has 4 rings (SSSR count). The van der Waals surface area contributed by atoms with Crippen molar-refractivity contribution < 1.29 is 28.2 Å². The molecule has 0 saturated heterocycles. The molecule has 3 aromatic rings. The zero-order valence-corrected chi connectivity index (χ0v) is 18.6. The van der Waals surface area contributed by atoms with Crippen molar-refractivity contribution in [3.63, 3.8) is 0 Å². The first kappa shape index (κ1) is 22.3. The normalized spacial score (nSPS) is 17.7. The van der Waals surface area contributed by atoms with E-state index in [1.807, 2.05) is 0 Å². The van der Waals surface area contributed by atoms with Gasteiger partial charge in [-0.2, -0.15) is 13.2 Å². The maximum absolute atomic E-state index is 13.1. The van der Waals surface area contributed by atoms with Gasteiger partial charge < -0.3 is 10.2 Å². The third-order valence-corrected chi connectivity index (χ3v) is 6.04. The Morgan fingerprint density at radius 2 is 1.50 bits per heavy atom. The predicted octanol–water partition coefficient (Wildman–Crippen LogP) is 5.73. The highest BCUT2D eigenvalue weighted by atomic mass is 127. The van der Waals surface area contributed by atoms with Crippen LogP contribution in [0.2, 0.25) is 0 Å². The number of carbonyl (C=O) groups is 1. The number of carbonyl (C=O) groups excluding carboxylic acids is 1. The van der Waals surface area contributed by atoms with Gasteiger partial charge in [-0.05, 0) is 70.1 Å². The lowest BCUT2D eigenvalue weighted by atomic mass is 9.91. The Morgan fingerprint density at radius 1 is 0.906 bits per heavy atom. The van der Waals surface area contributed by atoms with E-state index in [2.05, 4.69) is 22.6 Å². The Bertz CT molecular complexity index is 1160. The van der Waals surface area contributed by atoms with Crippen LogP contribution in [-0.4, -0.2) is 22.2 Å². The van der Waals surface area contributed by atoms with Crippen LogP contribution in [0.4, 0.5) is 18.9 Å². The second-order valence-corrected chi connectivity index (χ2v) is 8.53. The van der Waals surface area contributed by atoms with Gasteiger partial charge in [0, 0.05) is 14.8 Å². The molecule has 1 heterocycles. The molecule has 0 saturated carbocycles. The molecule has 8 heteroatoms. The molecule has 1 aliphatic rings. The van der Waals surface area contributed by atoms with Crippen LogP contribution in [0, 0.1) is 3.57 Å². The van der Waals surface area contributed by atoms with Gasteiger partial charge in [-0.1, -0.05) is 42.5 Å². The molecule has 1 amide bonds. The van der Waals surface area contributed by atoms with Gasteiger partial charge in [0.05, 0.1) is 11.6 Å². The molecule has 2 N–H and O–H groups in total. The molecule has 0 spiro atoms. The lowest BCUT2D eigenvalue weighted by Gasteiger charge is -2.31. The molecule has 32 heavy (non-hydrogen) atoms. The van der Waals surface area contributed by atoms with Gasteiger partial charge in [-0.3, -0.25) is 9.69 Å². The van der Waals surface area contributed by atoms with Crippen molar-refractivity contribution in [2.24, 2.45) is 0 Å². The molecular formula is C24H17F3INO3. The number of amides is 1. The fraction of sp³-hybridized carbons (Fsp3) is 0.125. The minimum atomic E-state index is -4.52. The highest BCUT2D eigenvalue weighted by molar-refractivity contribution is 14.1. The summed E-state index contributed by atoms with van der Waals surface area (Å²) in [6.07, 6.45) is -5.75. The number of anilines is 1. The van der Waals surface area contributed by atoms with E-state index in [-0.39, 0.29) is 11.1 Å². The second kappa shape index (κ2) is 8.59. The Labute approximate surface area is 195 Å². The quantitative estimate of drug-likeness (QED) is 0.408. The first-order chi connectivity index (χ1) is 15.2. The third-order valence-electron chi connectivity index (χ3n) is 5.32. The van der Waals surface area contributed by atoms with Crippen LogP contribution in [0.5, 0.6) is 0 Å². The Morgan fingerprint density at radius 3 is 2.06 bits per heavy atom. The van der Waals surface area contributed by atoms with Crippen LogP contribution >= 0.6 is 22.6 Å². The van der Waals surface area contributed by atoms with Crippen molar-refractivity contribution in [1.29, 1.82) is 0 Å². The van der Waals surface area contributed by atoms with Crippen molar-refractivity contribution in [3.8, 4) is 0 Å². The largest absolute Gasteiger partial charge is 0.503 e. The second-order valence-electron chi connectivity index (χ2n) is 7.29. The first-order valence-corrected chi connectivity index (χ1v) is 10.7. The van der Waals surface area contributed by atoms with Crippen LogP contribution in [0.3, 0.4) is 0 Å². The molecule has 0 aromatic heterocycles. The van der Waals surface area contributed by atoms with Crippen LogP contribution < -0.4 is 4.90 Å². The minimum absolute atomic E-state index is 0.0682. The fourth-order valence-corrected chi connectivity index (χ4v) is 4.14. The smallest absolute Gasteiger partial charge is 0.416 e. The number of hydrogen-bond acceptors (Lipinski definition) is 3. The lowest BCUT2D eigenvalue weighted by molar-refractivity contribution is -0.137. The van der Waals surface area contributed by atoms with E-state index >= 15 is 0 Å². The first-order valence-electron chi connectivity index (χ1n) is 9.61. The van der Waals surface area contributed by atoms with Gasteiger partial charge in [-0.15, -0.1) is 0 Å². The number of hydrogen-bond donors (Lipinski definition) is 2. The van der Waals surface area contributed by atoms with Crippen LogP contribution in [0.1, 0.15) is 22.8 Å². The van der Waals surface area contributed by atoms with E-state index in [0.29, 0.717) is 11.3 Å². The maximum Gasteiger partial charge on any atom is 0.416 e. The molecular weight excluding hydrogens is 534 g/mol. The number of aliphatic hydroxyl groups is 2. The van der Waals surface area contributed by atoms with E-state index in [1.54, 1.807) is 54.6 Å². The summed E-state index contributed by atoms with van der Waals surface area (Å²) in [5.41, 5.74) is 0.388. The number of halogens is 4. The summed E-state index contributed by atoms with van der Waals surface area (Å²) >= 11 is 2.12. The van der Waals surface area contributed by atoms with Gasteiger partial charge >= 0.3 is 6.18 Å². The Balaban J connectivity index is 1.84.